The van der Waals surface area contributed by atoms with Crippen LogP contribution in [0.1, 0.15) is 22.5 Å². The number of nitrogens with two attached hydrogens (primary N) is 1. The van der Waals surface area contributed by atoms with E-state index in [-0.39, 0.29) is 11.9 Å². The van der Waals surface area contributed by atoms with Crippen molar-refractivity contribution in [3.8, 4) is 0 Å². The molecule has 2 aromatic rings. The molecule has 1 aromatic heterocycles. The molecule has 3 rings (SSSR count). The predicted molar refractivity (Wildman–Crippen MR) is 84.6 cm³/mol. The Kier molecular flexibility index (Phi) is 3.83. The van der Waals surface area contributed by atoms with E-state index in [1.165, 1.54) is 11.3 Å². The van der Waals surface area contributed by atoms with Crippen molar-refractivity contribution < 1.29 is 4.79 Å². The molecule has 0 saturated carbocycles. The summed E-state index contributed by atoms with van der Waals surface area (Å²) in [5, 5.41) is 7.72. The summed E-state index contributed by atoms with van der Waals surface area (Å²) in [6.45, 7) is 1.89. The Labute approximate surface area is 126 Å². The Morgan fingerprint density at radius 3 is 2.85 bits per heavy atom. The number of carbonyl (C=O) groups is 1. The normalized spacial score (nSPS) is 16.4. The van der Waals surface area contributed by atoms with Gasteiger partial charge in [-0.05, 0) is 38.1 Å². The van der Waals surface area contributed by atoms with E-state index in [1.54, 1.807) is 6.07 Å². The lowest BCUT2D eigenvalue weighted by atomic mass is 10.1. The molecule has 4 nitrogen and oxygen atoms in total. The Bertz CT molecular complexity index is 649. The molecule has 6 heteroatoms. The van der Waals surface area contributed by atoms with Gasteiger partial charge in [0, 0.05) is 16.1 Å². The smallest absolute Gasteiger partial charge is 0.263 e. The van der Waals surface area contributed by atoms with E-state index in [0.29, 0.717) is 15.6 Å². The van der Waals surface area contributed by atoms with Crippen molar-refractivity contribution in [2.24, 2.45) is 0 Å². The summed E-state index contributed by atoms with van der Waals surface area (Å²) in [4.78, 5) is 12.9. The number of nitrogens with one attached hydrogen (secondary N) is 2. The first-order valence-corrected chi connectivity index (χ1v) is 7.84. The van der Waals surface area contributed by atoms with Gasteiger partial charge < -0.3 is 16.4 Å². The fourth-order valence-corrected chi connectivity index (χ4v) is 3.90. The minimum Gasteiger partial charge on any atom is -0.397 e. The highest BCUT2D eigenvalue weighted by molar-refractivity contribution is 7.21. The third kappa shape index (κ3) is 2.49. The van der Waals surface area contributed by atoms with Crippen LogP contribution in [-0.4, -0.2) is 25.0 Å². The highest BCUT2D eigenvalue weighted by atomic mass is 35.5. The van der Waals surface area contributed by atoms with E-state index in [9.17, 15) is 4.79 Å². The van der Waals surface area contributed by atoms with Crippen LogP contribution in [0.2, 0.25) is 5.02 Å². The second kappa shape index (κ2) is 5.60. The fraction of sp³-hybridized carbons (Fsp3) is 0.357. The summed E-state index contributed by atoms with van der Waals surface area (Å²) < 4.78 is 0.950. The number of piperidine rings is 1. The number of thiophene rings is 1. The van der Waals surface area contributed by atoms with E-state index in [1.807, 2.05) is 12.1 Å². The quantitative estimate of drug-likeness (QED) is 0.799. The van der Waals surface area contributed by atoms with Crippen molar-refractivity contribution in [3.63, 3.8) is 0 Å². The van der Waals surface area contributed by atoms with Gasteiger partial charge in [0.2, 0.25) is 0 Å². The molecule has 0 unspecified atom stereocenters. The molecule has 2 heterocycles. The number of fused-ring (bicyclic) bond motifs is 1. The number of benzene rings is 1. The highest BCUT2D eigenvalue weighted by Crippen LogP contribution is 2.37. The van der Waals surface area contributed by atoms with Gasteiger partial charge >= 0.3 is 0 Å². The monoisotopic (exact) mass is 309 g/mol. The average Bonchev–Trinajstić information content (AvgIpc) is 2.79. The summed E-state index contributed by atoms with van der Waals surface area (Å²) in [5.74, 6) is -0.0910. The van der Waals surface area contributed by atoms with Gasteiger partial charge in [-0.3, -0.25) is 4.79 Å². The molecular formula is C14H16ClN3OS. The fourth-order valence-electron chi connectivity index (χ4n) is 2.52. The van der Waals surface area contributed by atoms with Crippen molar-refractivity contribution in [1.82, 2.24) is 10.6 Å². The largest absolute Gasteiger partial charge is 0.397 e. The van der Waals surface area contributed by atoms with Crippen molar-refractivity contribution in [3.05, 3.63) is 28.1 Å². The molecule has 1 saturated heterocycles. The zero-order chi connectivity index (χ0) is 14.1. The average molecular weight is 310 g/mol. The summed E-state index contributed by atoms with van der Waals surface area (Å²) in [6.07, 6.45) is 1.91. The number of nitrogen functional groups attached to an aromatic ring is 1. The second-order valence-electron chi connectivity index (χ2n) is 4.96. The van der Waals surface area contributed by atoms with Crippen LogP contribution in [0.15, 0.2) is 18.2 Å². The number of carbonyl (C=O) groups excluding carboxylic acids is 1. The lowest BCUT2D eigenvalue weighted by Gasteiger charge is -2.23. The second-order valence-corrected chi connectivity index (χ2v) is 6.41. The van der Waals surface area contributed by atoms with Crippen LogP contribution in [0, 0.1) is 0 Å². The van der Waals surface area contributed by atoms with Crippen LogP contribution >= 0.6 is 22.9 Å². The first-order valence-electron chi connectivity index (χ1n) is 6.65. The van der Waals surface area contributed by atoms with E-state index in [2.05, 4.69) is 10.6 Å². The minimum atomic E-state index is -0.0910. The Morgan fingerprint density at radius 1 is 1.40 bits per heavy atom. The van der Waals surface area contributed by atoms with Crippen LogP contribution in [0.3, 0.4) is 0 Å². The lowest BCUT2D eigenvalue weighted by molar-refractivity contribution is 0.0934. The lowest BCUT2D eigenvalue weighted by Crippen LogP contribution is -2.42. The zero-order valence-corrected chi connectivity index (χ0v) is 12.5. The molecule has 1 aromatic carbocycles. The van der Waals surface area contributed by atoms with E-state index in [4.69, 9.17) is 17.3 Å². The SMILES string of the molecule is Nc1c(C(=O)NC2CCNCC2)sc2cccc(Cl)c12. The maximum Gasteiger partial charge on any atom is 0.263 e. The molecule has 0 atom stereocenters. The molecule has 0 spiro atoms. The number of amides is 1. The number of rotatable bonds is 2. The van der Waals surface area contributed by atoms with Gasteiger partial charge in [-0.2, -0.15) is 0 Å². The molecule has 1 aliphatic rings. The zero-order valence-electron chi connectivity index (χ0n) is 10.9. The topological polar surface area (TPSA) is 67.2 Å². The van der Waals surface area contributed by atoms with Crippen LogP contribution in [0.5, 0.6) is 0 Å². The highest BCUT2D eigenvalue weighted by Gasteiger charge is 2.21. The van der Waals surface area contributed by atoms with E-state index in [0.717, 1.165) is 36.0 Å². The first-order chi connectivity index (χ1) is 9.66. The van der Waals surface area contributed by atoms with Gasteiger partial charge in [0.25, 0.3) is 5.91 Å². The van der Waals surface area contributed by atoms with Gasteiger partial charge in [-0.15, -0.1) is 11.3 Å². The van der Waals surface area contributed by atoms with Crippen molar-refractivity contribution in [2.45, 2.75) is 18.9 Å². The maximum atomic E-state index is 12.4. The molecule has 1 aliphatic heterocycles. The van der Waals surface area contributed by atoms with Crippen LogP contribution in [-0.2, 0) is 0 Å². The predicted octanol–water partition coefficient (Wildman–Crippen LogP) is 2.62. The maximum absolute atomic E-state index is 12.4. The molecule has 1 amide bonds. The third-order valence-electron chi connectivity index (χ3n) is 3.58. The Hall–Kier alpha value is -1.30. The van der Waals surface area contributed by atoms with Crippen molar-refractivity contribution in [1.29, 1.82) is 0 Å². The van der Waals surface area contributed by atoms with Gasteiger partial charge in [0.05, 0.1) is 10.7 Å². The summed E-state index contributed by atoms with van der Waals surface area (Å²) in [7, 11) is 0. The summed E-state index contributed by atoms with van der Waals surface area (Å²) >= 11 is 7.56. The molecule has 4 N–H and O–H groups in total. The van der Waals surface area contributed by atoms with Gasteiger partial charge in [0.1, 0.15) is 4.88 Å². The van der Waals surface area contributed by atoms with Gasteiger partial charge in [-0.1, -0.05) is 17.7 Å². The first kappa shape index (κ1) is 13.7. The Morgan fingerprint density at radius 2 is 2.15 bits per heavy atom. The molecular weight excluding hydrogens is 294 g/mol. The van der Waals surface area contributed by atoms with Crippen molar-refractivity contribution >= 4 is 44.6 Å². The molecule has 1 fully saturated rings. The Balaban J connectivity index is 1.87. The third-order valence-corrected chi connectivity index (χ3v) is 5.07. The van der Waals surface area contributed by atoms with Crippen LogP contribution < -0.4 is 16.4 Å². The number of hydrogen-bond acceptors (Lipinski definition) is 4. The van der Waals surface area contributed by atoms with Gasteiger partial charge in [-0.25, -0.2) is 0 Å². The van der Waals surface area contributed by atoms with E-state index < -0.39 is 0 Å². The number of anilines is 1. The number of halogens is 1. The minimum absolute atomic E-state index is 0.0910. The summed E-state index contributed by atoms with van der Waals surface area (Å²) in [6, 6.07) is 5.82. The molecule has 20 heavy (non-hydrogen) atoms. The van der Waals surface area contributed by atoms with Crippen molar-refractivity contribution in [2.75, 3.05) is 18.8 Å². The standard InChI is InChI=1S/C14H16ClN3OS/c15-9-2-1-3-10-11(9)12(16)13(20-10)14(19)18-8-4-6-17-7-5-8/h1-3,8,17H,4-7,16H2,(H,18,19). The molecule has 0 bridgehead atoms. The number of hydrogen-bond donors (Lipinski definition) is 3. The van der Waals surface area contributed by atoms with Crippen LogP contribution in [0.25, 0.3) is 10.1 Å². The molecule has 0 aliphatic carbocycles. The summed E-state index contributed by atoms with van der Waals surface area (Å²) in [5.41, 5.74) is 6.59. The molecule has 0 radical (unpaired) electrons. The van der Waals surface area contributed by atoms with Gasteiger partial charge in [0.15, 0.2) is 0 Å². The van der Waals surface area contributed by atoms with E-state index >= 15 is 0 Å². The molecule has 106 valence electrons. The van der Waals surface area contributed by atoms with Crippen LogP contribution in [0.4, 0.5) is 5.69 Å².